The van der Waals surface area contributed by atoms with Gasteiger partial charge >= 0.3 is 0 Å². The van der Waals surface area contributed by atoms with Gasteiger partial charge in [-0.1, -0.05) is 23.2 Å². The monoisotopic (exact) mass is 331 g/mol. The van der Waals surface area contributed by atoms with Gasteiger partial charge in [0.25, 0.3) is 5.91 Å². The van der Waals surface area contributed by atoms with Gasteiger partial charge in [0.05, 0.1) is 22.2 Å². The number of halogens is 2. The molecule has 21 heavy (non-hydrogen) atoms. The fourth-order valence-corrected chi connectivity index (χ4v) is 2.22. The van der Waals surface area contributed by atoms with Crippen LogP contribution in [-0.2, 0) is 4.79 Å². The summed E-state index contributed by atoms with van der Waals surface area (Å²) in [7, 11) is 0. The van der Waals surface area contributed by atoms with Crippen molar-refractivity contribution in [1.29, 1.82) is 0 Å². The van der Waals surface area contributed by atoms with Crippen LogP contribution in [0.2, 0.25) is 10.0 Å². The van der Waals surface area contributed by atoms with E-state index in [4.69, 9.17) is 28.9 Å². The molecule has 0 saturated heterocycles. The molecule has 0 aliphatic carbocycles. The maximum absolute atomic E-state index is 12.5. The Hall–Kier alpha value is -1.46. The number of nitrogen functional groups attached to an aromatic ring is 1. The molecule has 0 spiro atoms. The van der Waals surface area contributed by atoms with Gasteiger partial charge in [-0.25, -0.2) is 0 Å². The van der Waals surface area contributed by atoms with Crippen LogP contribution in [0.4, 0.5) is 5.69 Å². The number of nitrogens with one attached hydrogen (secondary N) is 1. The fourth-order valence-electron chi connectivity index (χ4n) is 1.80. The van der Waals surface area contributed by atoms with E-state index in [9.17, 15) is 9.59 Å². The second kappa shape index (κ2) is 7.52. The molecule has 0 heterocycles. The van der Waals surface area contributed by atoms with Gasteiger partial charge in [0.1, 0.15) is 0 Å². The third-order valence-electron chi connectivity index (χ3n) is 2.73. The van der Waals surface area contributed by atoms with Crippen LogP contribution in [0, 0.1) is 0 Å². The minimum atomic E-state index is -0.379. The Morgan fingerprint density at radius 1 is 1.33 bits per heavy atom. The first-order valence-corrected chi connectivity index (χ1v) is 7.35. The topological polar surface area (TPSA) is 75.4 Å². The highest BCUT2D eigenvalue weighted by molar-refractivity contribution is 6.44. The van der Waals surface area contributed by atoms with Gasteiger partial charge in [-0.15, -0.1) is 0 Å². The molecule has 0 aliphatic rings. The van der Waals surface area contributed by atoms with E-state index in [0.29, 0.717) is 12.2 Å². The van der Waals surface area contributed by atoms with Crippen LogP contribution in [0.3, 0.4) is 0 Å². The number of nitrogens with zero attached hydrogens (tertiary/aromatic N) is 1. The molecule has 1 rings (SSSR count). The molecule has 7 heteroatoms. The minimum Gasteiger partial charge on any atom is -0.399 e. The van der Waals surface area contributed by atoms with E-state index in [-0.39, 0.29) is 40.0 Å². The molecule has 0 atom stereocenters. The number of hydrogen-bond acceptors (Lipinski definition) is 3. The summed E-state index contributed by atoms with van der Waals surface area (Å²) in [5.74, 6) is -0.609. The molecular formula is C14H19Cl2N3O2. The number of nitrogens with two attached hydrogens (primary N) is 1. The van der Waals surface area contributed by atoms with Crippen molar-refractivity contribution in [2.75, 3.05) is 18.8 Å². The van der Waals surface area contributed by atoms with Gasteiger partial charge in [-0.2, -0.15) is 0 Å². The highest BCUT2D eigenvalue weighted by atomic mass is 35.5. The lowest BCUT2D eigenvalue weighted by molar-refractivity contribution is -0.122. The zero-order chi connectivity index (χ0) is 16.2. The zero-order valence-corrected chi connectivity index (χ0v) is 13.8. The van der Waals surface area contributed by atoms with Crippen molar-refractivity contribution >= 4 is 40.7 Å². The van der Waals surface area contributed by atoms with Gasteiger partial charge in [0, 0.05) is 18.3 Å². The highest BCUT2D eigenvalue weighted by Gasteiger charge is 2.21. The Balaban J connectivity index is 2.96. The van der Waals surface area contributed by atoms with E-state index in [1.54, 1.807) is 6.92 Å². The number of anilines is 1. The quantitative estimate of drug-likeness (QED) is 0.814. The first-order valence-electron chi connectivity index (χ1n) is 6.59. The molecule has 3 N–H and O–H groups in total. The fraction of sp³-hybridized carbons (Fsp3) is 0.429. The molecule has 2 amide bonds. The molecule has 5 nitrogen and oxygen atoms in total. The number of benzene rings is 1. The molecule has 0 aromatic heterocycles. The van der Waals surface area contributed by atoms with E-state index < -0.39 is 0 Å². The minimum absolute atomic E-state index is 0.0108. The zero-order valence-electron chi connectivity index (χ0n) is 12.2. The van der Waals surface area contributed by atoms with E-state index in [1.807, 2.05) is 13.8 Å². The second-order valence-corrected chi connectivity index (χ2v) is 5.69. The molecule has 1 aromatic rings. The smallest absolute Gasteiger partial charge is 0.255 e. The lowest BCUT2D eigenvalue weighted by Crippen LogP contribution is -2.42. The van der Waals surface area contributed by atoms with Crippen molar-refractivity contribution < 1.29 is 9.59 Å². The van der Waals surface area contributed by atoms with Crippen molar-refractivity contribution in [3.05, 3.63) is 27.7 Å². The average molecular weight is 332 g/mol. The summed E-state index contributed by atoms with van der Waals surface area (Å²) < 4.78 is 0. The van der Waals surface area contributed by atoms with Crippen LogP contribution in [-0.4, -0.2) is 35.8 Å². The molecular weight excluding hydrogens is 313 g/mol. The first-order chi connectivity index (χ1) is 9.76. The Morgan fingerprint density at radius 2 is 1.95 bits per heavy atom. The van der Waals surface area contributed by atoms with Crippen molar-refractivity contribution in [3.8, 4) is 0 Å². The maximum atomic E-state index is 12.5. The van der Waals surface area contributed by atoms with E-state index in [2.05, 4.69) is 5.32 Å². The predicted molar refractivity (Wildman–Crippen MR) is 85.7 cm³/mol. The number of carbonyl (C=O) groups excluding carboxylic acids is 2. The van der Waals surface area contributed by atoms with Crippen molar-refractivity contribution in [2.45, 2.75) is 26.8 Å². The predicted octanol–water partition coefficient (Wildman–Crippen LogP) is 2.56. The number of likely N-dealkylation sites (N-methyl/N-ethyl adjacent to an activating group) is 1. The largest absolute Gasteiger partial charge is 0.399 e. The van der Waals surface area contributed by atoms with Gasteiger partial charge < -0.3 is 16.0 Å². The van der Waals surface area contributed by atoms with E-state index in [0.717, 1.165) is 0 Å². The van der Waals surface area contributed by atoms with Crippen LogP contribution >= 0.6 is 23.2 Å². The number of carbonyl (C=O) groups is 2. The van der Waals surface area contributed by atoms with Gasteiger partial charge in [-0.3, -0.25) is 9.59 Å². The molecule has 116 valence electrons. The van der Waals surface area contributed by atoms with Gasteiger partial charge in [0.2, 0.25) is 5.91 Å². The lowest BCUT2D eigenvalue weighted by Gasteiger charge is -2.22. The normalized spacial score (nSPS) is 10.6. The molecule has 0 fully saturated rings. The van der Waals surface area contributed by atoms with Crippen LogP contribution in [0.25, 0.3) is 0 Å². The summed E-state index contributed by atoms with van der Waals surface area (Å²) in [6, 6.07) is 2.94. The lowest BCUT2D eigenvalue weighted by atomic mass is 10.1. The van der Waals surface area contributed by atoms with Crippen molar-refractivity contribution in [3.63, 3.8) is 0 Å². The molecule has 0 aliphatic heterocycles. The van der Waals surface area contributed by atoms with E-state index >= 15 is 0 Å². The number of amides is 2. The van der Waals surface area contributed by atoms with Gasteiger partial charge in [-0.05, 0) is 32.9 Å². The summed E-state index contributed by atoms with van der Waals surface area (Å²) in [4.78, 5) is 25.6. The standard InChI is InChI=1S/C14H19Cl2N3O2/c1-4-19(7-12(20)18-8(2)3)14(21)10-5-9(17)6-11(15)13(10)16/h5-6,8H,4,7,17H2,1-3H3,(H,18,20). The Morgan fingerprint density at radius 3 is 2.48 bits per heavy atom. The number of hydrogen-bond donors (Lipinski definition) is 2. The Labute approximate surface area is 134 Å². The molecule has 0 saturated carbocycles. The van der Waals surface area contributed by atoms with Crippen molar-refractivity contribution in [1.82, 2.24) is 10.2 Å². The summed E-state index contributed by atoms with van der Waals surface area (Å²) in [6.07, 6.45) is 0. The third kappa shape index (κ3) is 4.79. The summed E-state index contributed by atoms with van der Waals surface area (Å²) in [6.45, 7) is 5.81. The molecule has 0 radical (unpaired) electrons. The second-order valence-electron chi connectivity index (χ2n) is 4.91. The summed E-state index contributed by atoms with van der Waals surface area (Å²) >= 11 is 12.0. The van der Waals surface area contributed by atoms with E-state index in [1.165, 1.54) is 17.0 Å². The molecule has 1 aromatic carbocycles. The van der Waals surface area contributed by atoms with Crippen LogP contribution in [0.1, 0.15) is 31.1 Å². The first kappa shape index (κ1) is 17.6. The van der Waals surface area contributed by atoms with Crippen LogP contribution in [0.5, 0.6) is 0 Å². The summed E-state index contributed by atoms with van der Waals surface area (Å²) in [5, 5.41) is 3.08. The Kier molecular flexibility index (Phi) is 6.30. The SMILES string of the molecule is CCN(CC(=O)NC(C)C)C(=O)c1cc(N)cc(Cl)c1Cl. The Bertz CT molecular complexity index is 547. The number of rotatable bonds is 5. The molecule has 0 bridgehead atoms. The third-order valence-corrected chi connectivity index (χ3v) is 3.54. The van der Waals surface area contributed by atoms with Gasteiger partial charge in [0.15, 0.2) is 0 Å². The average Bonchev–Trinajstić information content (AvgIpc) is 2.38. The van der Waals surface area contributed by atoms with Crippen LogP contribution in [0.15, 0.2) is 12.1 Å². The molecule has 0 unspecified atom stereocenters. The van der Waals surface area contributed by atoms with Crippen molar-refractivity contribution in [2.24, 2.45) is 0 Å². The maximum Gasteiger partial charge on any atom is 0.255 e. The summed E-state index contributed by atoms with van der Waals surface area (Å²) in [5.41, 5.74) is 6.22. The highest BCUT2D eigenvalue weighted by Crippen LogP contribution is 2.29. The van der Waals surface area contributed by atoms with Crippen LogP contribution < -0.4 is 11.1 Å².